The van der Waals surface area contributed by atoms with Gasteiger partial charge in [-0.3, -0.25) is 34.0 Å². The van der Waals surface area contributed by atoms with Gasteiger partial charge in [-0.25, -0.2) is 4.39 Å². The molecule has 11 nitrogen and oxygen atoms in total. The van der Waals surface area contributed by atoms with Gasteiger partial charge in [0.05, 0.1) is 26.1 Å². The number of halogens is 27. The van der Waals surface area contributed by atoms with E-state index < -0.39 is 191 Å². The summed E-state index contributed by atoms with van der Waals surface area (Å²) in [4.78, 5) is 34.9. The molecule has 38 heteroatoms. The van der Waals surface area contributed by atoms with Crippen molar-refractivity contribution < 1.29 is 153 Å². The molecule has 1 rings (SSSR count). The van der Waals surface area contributed by atoms with Crippen molar-refractivity contribution in [1.82, 2.24) is 19.6 Å². The number of rotatable bonds is 20. The highest BCUT2D eigenvalue weighted by atomic mass is 19.4. The molecule has 68 heavy (non-hydrogen) atoms. The summed E-state index contributed by atoms with van der Waals surface area (Å²) in [6, 6.07) is 0. The topological polar surface area (TPSA) is 145 Å². The molecule has 0 radical (unpaired) electrons. The number of hydrogen-bond donors (Lipinski definition) is 4. The monoisotopic (exact) mass is 1070 g/mol. The van der Waals surface area contributed by atoms with E-state index in [1.807, 2.05) is 0 Å². The van der Waals surface area contributed by atoms with E-state index in [0.29, 0.717) is 9.80 Å². The Morgan fingerprint density at radius 1 is 0.368 bits per heavy atom. The summed E-state index contributed by atoms with van der Waals surface area (Å²) in [5.41, 5.74) is 0. The molecule has 0 bridgehead atoms. The fourth-order valence-corrected chi connectivity index (χ4v) is 5.95. The van der Waals surface area contributed by atoms with Crippen LogP contribution < -0.4 is 0 Å². The molecule has 1 fully saturated rings. The molecule has 2 unspecified atom stereocenters. The van der Waals surface area contributed by atoms with Crippen molar-refractivity contribution in [3.05, 3.63) is 0 Å². The number of carboxylic acid groups (broad SMARTS) is 3. The average molecular weight is 1070 g/mol. The fourth-order valence-electron chi connectivity index (χ4n) is 5.95. The maximum Gasteiger partial charge on any atom is 0.460 e. The predicted molar refractivity (Wildman–Crippen MR) is 164 cm³/mol. The zero-order valence-corrected chi connectivity index (χ0v) is 32.8. The minimum absolute atomic E-state index is 0.362. The summed E-state index contributed by atoms with van der Waals surface area (Å²) >= 11 is 0. The van der Waals surface area contributed by atoms with Crippen LogP contribution in [-0.2, 0) is 14.4 Å². The molecule has 0 aromatic rings. The number of aliphatic hydroxyl groups is 1. The van der Waals surface area contributed by atoms with Crippen molar-refractivity contribution in [3.63, 3.8) is 0 Å². The molecular weight excluding hydrogens is 1040 g/mol. The number of hydrogen-bond acceptors (Lipinski definition) is 8. The number of nitrogens with zero attached hydrogens (tertiary/aromatic N) is 4. The SMILES string of the molecule is O=C(O)CN1CCN(CC(=O)O)CCN(C(F)(CC(F)(F)C(F)(F)C(F)(F)C(F)(F)C(F)(F)C(F)(F)F)C(O)CC(F)(F)C(F)(F)C(F)(F)C(F)(F)C(F)(F)C(F)(F)F)CCN(CC(=O)O)CC1. The lowest BCUT2D eigenvalue weighted by Crippen LogP contribution is -2.72. The van der Waals surface area contributed by atoms with Crippen LogP contribution in [0, 0.1) is 0 Å². The molecule has 0 amide bonds. The maximum absolute atomic E-state index is 17.3. The van der Waals surface area contributed by atoms with Gasteiger partial charge in [0.2, 0.25) is 0 Å². The minimum atomic E-state index is -8.90. The first-order valence-electron chi connectivity index (χ1n) is 17.7. The van der Waals surface area contributed by atoms with Crippen molar-refractivity contribution in [2.24, 2.45) is 0 Å². The van der Waals surface area contributed by atoms with Gasteiger partial charge in [-0.15, -0.1) is 0 Å². The molecule has 0 aromatic heterocycles. The van der Waals surface area contributed by atoms with E-state index in [0.717, 1.165) is 4.90 Å². The summed E-state index contributed by atoms with van der Waals surface area (Å²) in [5, 5.41) is 38.2. The van der Waals surface area contributed by atoms with Crippen LogP contribution in [0.5, 0.6) is 0 Å². The van der Waals surface area contributed by atoms with E-state index in [4.69, 9.17) is 0 Å². The van der Waals surface area contributed by atoms with Crippen molar-refractivity contribution in [3.8, 4) is 0 Å². The van der Waals surface area contributed by atoms with Crippen LogP contribution in [-0.4, -0.2) is 213 Å². The van der Waals surface area contributed by atoms with Gasteiger partial charge in [0.15, 0.2) is 5.79 Å². The first-order valence-corrected chi connectivity index (χ1v) is 17.7. The summed E-state index contributed by atoms with van der Waals surface area (Å²) < 4.78 is 380. The van der Waals surface area contributed by atoms with Crippen LogP contribution >= 0.6 is 0 Å². The Morgan fingerprint density at radius 2 is 0.603 bits per heavy atom. The molecule has 0 spiro atoms. The van der Waals surface area contributed by atoms with E-state index in [2.05, 4.69) is 0 Å². The predicted octanol–water partition coefficient (Wildman–Crippen LogP) is 6.75. The lowest BCUT2D eigenvalue weighted by atomic mass is 9.85. The molecule has 4 N–H and O–H groups in total. The van der Waals surface area contributed by atoms with E-state index in [-0.39, 0.29) is 0 Å². The molecule has 1 saturated heterocycles. The van der Waals surface area contributed by atoms with E-state index in [1.165, 1.54) is 0 Å². The lowest BCUT2D eigenvalue weighted by Gasteiger charge is -2.47. The number of aliphatic hydroxyl groups excluding tert-OH is 1. The van der Waals surface area contributed by atoms with E-state index in [9.17, 15) is 131 Å². The second-order valence-electron chi connectivity index (χ2n) is 14.7. The van der Waals surface area contributed by atoms with Gasteiger partial charge in [-0.2, -0.15) is 114 Å². The van der Waals surface area contributed by atoms with Crippen LogP contribution in [0.2, 0.25) is 0 Å². The van der Waals surface area contributed by atoms with Crippen LogP contribution in [0.25, 0.3) is 0 Å². The van der Waals surface area contributed by atoms with Gasteiger partial charge in [0.25, 0.3) is 0 Å². The number of aliphatic carboxylic acids is 3. The van der Waals surface area contributed by atoms with Gasteiger partial charge in [0, 0.05) is 58.8 Å². The fraction of sp³-hybridized carbons (Fsp3) is 0.900. The van der Waals surface area contributed by atoms with Gasteiger partial charge < -0.3 is 20.4 Å². The van der Waals surface area contributed by atoms with E-state index >= 15 is 22.0 Å². The summed E-state index contributed by atoms with van der Waals surface area (Å²) in [6.07, 6.45) is -30.6. The number of alkyl halides is 27. The highest BCUT2D eigenvalue weighted by Crippen LogP contribution is 2.63. The number of carbonyl (C=O) groups is 3. The molecule has 1 aliphatic heterocycles. The van der Waals surface area contributed by atoms with Gasteiger partial charge in [-0.05, 0) is 0 Å². The van der Waals surface area contributed by atoms with Gasteiger partial charge in [0.1, 0.15) is 6.10 Å². The Morgan fingerprint density at radius 3 is 0.853 bits per heavy atom. The standard InChI is InChI=1S/C30H31F27N4O7/c31-18(13-20(34,35)22(38,39)24(42,43)26(46,47)28(50,51)30(55,56)57,14(62)9-19(32,33)21(36,37)23(40,41)25(44,45)27(48,49)29(52,53)54)61-7-5-59(11-16(65)66)3-1-58(10-15(63)64)2-4-60(6-8-61)12-17(67)68/h14,62H,1-13H2,(H,63,64)(H,65,66)(H,67,68). The second-order valence-corrected chi connectivity index (χ2v) is 14.7. The minimum Gasteiger partial charge on any atom is -0.480 e. The highest BCUT2D eigenvalue weighted by Gasteiger charge is 2.92. The second kappa shape index (κ2) is 19.8. The highest BCUT2D eigenvalue weighted by molar-refractivity contribution is 5.70. The van der Waals surface area contributed by atoms with E-state index in [1.54, 1.807) is 0 Å². The van der Waals surface area contributed by atoms with Crippen molar-refractivity contribution in [2.75, 3.05) is 72.0 Å². The Labute approximate surface area is 359 Å². The average Bonchev–Trinajstić information content (AvgIpc) is 3.12. The third kappa shape index (κ3) is 11.7. The molecule has 0 aromatic carbocycles. The Balaban J connectivity index is 4.35. The zero-order chi connectivity index (χ0) is 54.3. The zero-order valence-electron chi connectivity index (χ0n) is 32.8. The summed E-state index contributed by atoms with van der Waals surface area (Å²) in [7, 11) is 0. The maximum atomic E-state index is 17.3. The first kappa shape index (κ1) is 62.3. The smallest absolute Gasteiger partial charge is 0.460 e. The quantitative estimate of drug-likeness (QED) is 0.0760. The third-order valence-corrected chi connectivity index (χ3v) is 9.87. The van der Waals surface area contributed by atoms with Crippen molar-refractivity contribution in [2.45, 2.75) is 96.3 Å². The van der Waals surface area contributed by atoms with Crippen LogP contribution in [0.1, 0.15) is 12.8 Å². The normalized spacial score (nSPS) is 19.8. The third-order valence-electron chi connectivity index (χ3n) is 9.87. The lowest BCUT2D eigenvalue weighted by molar-refractivity contribution is -0.443. The largest absolute Gasteiger partial charge is 0.480 e. The Kier molecular flexibility index (Phi) is 18.2. The van der Waals surface area contributed by atoms with Crippen LogP contribution in [0.15, 0.2) is 0 Å². The molecular formula is C30H31F27N4O7. The first-order chi connectivity index (χ1) is 29.8. The van der Waals surface area contributed by atoms with Gasteiger partial charge >= 0.3 is 89.5 Å². The molecule has 0 saturated carbocycles. The van der Waals surface area contributed by atoms with Crippen LogP contribution in [0.4, 0.5) is 119 Å². The molecule has 0 aliphatic carbocycles. The van der Waals surface area contributed by atoms with Gasteiger partial charge in [-0.1, -0.05) is 0 Å². The van der Waals surface area contributed by atoms with Crippen molar-refractivity contribution >= 4 is 17.9 Å². The molecule has 1 heterocycles. The molecule has 402 valence electrons. The van der Waals surface area contributed by atoms with Crippen molar-refractivity contribution in [1.29, 1.82) is 0 Å². The summed E-state index contributed by atoms with van der Waals surface area (Å²) in [6.45, 7) is -14.4. The Bertz CT molecular complexity index is 1730. The number of carboxylic acids is 3. The van der Waals surface area contributed by atoms with Crippen LogP contribution in [0.3, 0.4) is 0 Å². The molecule has 1 aliphatic rings. The Hall–Kier alpha value is -3.68. The summed E-state index contributed by atoms with van der Waals surface area (Å²) in [5.74, 6) is -97.2. The molecule has 2 atom stereocenters.